The van der Waals surface area contributed by atoms with Gasteiger partial charge < -0.3 is 10.7 Å². The number of rotatable bonds is 4. The van der Waals surface area contributed by atoms with Crippen LogP contribution in [0.5, 0.6) is 0 Å². The summed E-state index contributed by atoms with van der Waals surface area (Å²) < 4.78 is 11.0. The first-order chi connectivity index (χ1) is 8.06. The number of fused-ring (bicyclic) bond motifs is 1. The first-order valence-electron chi connectivity index (χ1n) is 5.27. The second kappa shape index (κ2) is 5.16. The zero-order chi connectivity index (χ0) is 12.4. The monoisotopic (exact) mass is 271 g/mol. The van der Waals surface area contributed by atoms with Gasteiger partial charge in [0.15, 0.2) is 0 Å². The molecule has 0 aliphatic heterocycles. The van der Waals surface area contributed by atoms with Crippen LogP contribution in [0.2, 0.25) is 5.02 Å². The Morgan fingerprint density at radius 2 is 2.35 bits per heavy atom. The molecule has 0 spiro atoms. The average molecular weight is 272 g/mol. The van der Waals surface area contributed by atoms with E-state index in [4.69, 9.17) is 17.3 Å². The van der Waals surface area contributed by atoms with Gasteiger partial charge in [-0.1, -0.05) is 11.6 Å². The molecular weight excluding hydrogens is 258 g/mol. The van der Waals surface area contributed by atoms with Crippen LogP contribution < -0.4 is 5.73 Å². The lowest BCUT2D eigenvalue weighted by Crippen LogP contribution is -2.14. The quantitative estimate of drug-likeness (QED) is 0.893. The number of H-pyrrole nitrogens is 1. The third-order valence-corrected chi connectivity index (χ3v) is 3.58. The molecule has 1 aromatic carbocycles. The normalized spacial score (nSPS) is 15.0. The summed E-state index contributed by atoms with van der Waals surface area (Å²) in [5.74, 6) is 1.30. The molecule has 0 aliphatic carbocycles. The van der Waals surface area contributed by atoms with Gasteiger partial charge in [-0.15, -0.1) is 0 Å². The Kier molecular flexibility index (Phi) is 3.81. The number of aromatic amines is 1. The zero-order valence-electron chi connectivity index (χ0n) is 9.44. The van der Waals surface area contributed by atoms with E-state index in [9.17, 15) is 4.21 Å². The number of hydrogen-bond acceptors (Lipinski definition) is 3. The first-order valence-corrected chi connectivity index (χ1v) is 7.37. The first kappa shape index (κ1) is 12.5. The van der Waals surface area contributed by atoms with Gasteiger partial charge in [0, 0.05) is 27.8 Å². The predicted molar refractivity (Wildman–Crippen MR) is 71.6 cm³/mol. The number of nitrogens with zero attached hydrogens (tertiary/aromatic N) is 1. The molecule has 92 valence electrons. The Balaban J connectivity index is 2.21. The molecule has 1 aromatic heterocycles. The molecule has 3 N–H and O–H groups in total. The van der Waals surface area contributed by atoms with Crippen LogP contribution in [0, 0.1) is 0 Å². The zero-order valence-corrected chi connectivity index (χ0v) is 11.0. The Hall–Kier alpha value is -0.910. The fourth-order valence-corrected chi connectivity index (χ4v) is 2.36. The van der Waals surface area contributed by atoms with Crippen molar-refractivity contribution >= 4 is 33.4 Å². The van der Waals surface area contributed by atoms with E-state index in [1.54, 1.807) is 12.3 Å². The summed E-state index contributed by atoms with van der Waals surface area (Å²) >= 11 is 5.89. The number of aromatic nitrogens is 2. The van der Waals surface area contributed by atoms with E-state index in [1.165, 1.54) is 0 Å². The molecule has 2 atom stereocenters. The molecular formula is C11H14ClN3OS. The minimum atomic E-state index is -0.824. The van der Waals surface area contributed by atoms with Gasteiger partial charge in [0.05, 0.1) is 17.1 Å². The van der Waals surface area contributed by atoms with Crippen LogP contribution in [-0.4, -0.2) is 26.2 Å². The van der Waals surface area contributed by atoms with E-state index >= 15 is 0 Å². The molecule has 17 heavy (non-hydrogen) atoms. The summed E-state index contributed by atoms with van der Waals surface area (Å²) in [5.41, 5.74) is 7.70. The lowest BCUT2D eigenvalue weighted by atomic mass is 10.2. The molecule has 2 rings (SSSR count). The standard InChI is InChI=1S/C11H14ClN3OS/c1-17(16)5-4-8(13)11-14-9-3-2-7(12)6-10(9)15-11/h2-3,6,8H,4-5,13H2,1H3,(H,14,15)/t8-,17?/m0/s1. The average Bonchev–Trinajstić information content (AvgIpc) is 2.68. The maximum atomic E-state index is 11.0. The van der Waals surface area contributed by atoms with Gasteiger partial charge in [-0.05, 0) is 24.6 Å². The molecule has 4 nitrogen and oxygen atoms in total. The predicted octanol–water partition coefficient (Wildman–Crippen LogP) is 1.98. The van der Waals surface area contributed by atoms with Crippen molar-refractivity contribution in [1.82, 2.24) is 9.97 Å². The smallest absolute Gasteiger partial charge is 0.124 e. The minimum absolute atomic E-state index is 0.218. The Morgan fingerprint density at radius 1 is 1.59 bits per heavy atom. The molecule has 1 heterocycles. The van der Waals surface area contributed by atoms with Gasteiger partial charge in [0.2, 0.25) is 0 Å². The van der Waals surface area contributed by atoms with E-state index in [2.05, 4.69) is 9.97 Å². The molecule has 0 bridgehead atoms. The van der Waals surface area contributed by atoms with Gasteiger partial charge in [0.1, 0.15) is 5.82 Å². The molecule has 0 aliphatic rings. The molecule has 0 fully saturated rings. The van der Waals surface area contributed by atoms with Crippen molar-refractivity contribution in [2.75, 3.05) is 12.0 Å². The van der Waals surface area contributed by atoms with Crippen LogP contribution in [0.25, 0.3) is 11.0 Å². The molecule has 0 radical (unpaired) electrons. The highest BCUT2D eigenvalue weighted by Crippen LogP contribution is 2.20. The number of nitrogens with two attached hydrogens (primary N) is 1. The highest BCUT2D eigenvalue weighted by Gasteiger charge is 2.11. The Bertz CT molecular complexity index is 555. The van der Waals surface area contributed by atoms with Gasteiger partial charge in [-0.2, -0.15) is 0 Å². The Labute approximate surface area is 107 Å². The lowest BCUT2D eigenvalue weighted by molar-refractivity contribution is 0.648. The summed E-state index contributed by atoms with van der Waals surface area (Å²) in [6, 6.07) is 5.24. The van der Waals surface area contributed by atoms with Crippen molar-refractivity contribution in [3.63, 3.8) is 0 Å². The van der Waals surface area contributed by atoms with Crippen molar-refractivity contribution in [3.05, 3.63) is 29.0 Å². The maximum absolute atomic E-state index is 11.0. The van der Waals surface area contributed by atoms with Crippen molar-refractivity contribution in [1.29, 1.82) is 0 Å². The Morgan fingerprint density at radius 3 is 3.06 bits per heavy atom. The van der Waals surface area contributed by atoms with E-state index in [0.717, 1.165) is 11.0 Å². The van der Waals surface area contributed by atoms with Crippen molar-refractivity contribution < 1.29 is 4.21 Å². The largest absolute Gasteiger partial charge is 0.341 e. The summed E-state index contributed by atoms with van der Waals surface area (Å²) in [4.78, 5) is 7.53. The van der Waals surface area contributed by atoms with Gasteiger partial charge >= 0.3 is 0 Å². The number of imidazole rings is 1. The summed E-state index contributed by atoms with van der Waals surface area (Å²) in [5, 5.41) is 0.663. The minimum Gasteiger partial charge on any atom is -0.341 e. The van der Waals surface area contributed by atoms with Crippen LogP contribution >= 0.6 is 11.6 Å². The van der Waals surface area contributed by atoms with Crippen LogP contribution in [0.15, 0.2) is 18.2 Å². The molecule has 1 unspecified atom stereocenters. The number of benzene rings is 1. The second-order valence-corrected chi connectivity index (χ2v) is 5.95. The van der Waals surface area contributed by atoms with Gasteiger partial charge in [-0.25, -0.2) is 4.98 Å². The van der Waals surface area contributed by atoms with Crippen LogP contribution in [0.4, 0.5) is 0 Å². The number of hydrogen-bond donors (Lipinski definition) is 2. The fraction of sp³-hybridized carbons (Fsp3) is 0.364. The number of halogens is 1. The van der Waals surface area contributed by atoms with E-state index < -0.39 is 10.8 Å². The van der Waals surface area contributed by atoms with Crippen LogP contribution in [0.1, 0.15) is 18.3 Å². The topological polar surface area (TPSA) is 71.8 Å². The summed E-state index contributed by atoms with van der Waals surface area (Å²) in [6.45, 7) is 0. The van der Waals surface area contributed by atoms with E-state index in [-0.39, 0.29) is 6.04 Å². The summed E-state index contributed by atoms with van der Waals surface area (Å²) in [7, 11) is -0.824. The number of nitrogens with one attached hydrogen (secondary N) is 1. The highest BCUT2D eigenvalue weighted by atomic mass is 35.5. The molecule has 0 amide bonds. The van der Waals surface area contributed by atoms with E-state index in [1.807, 2.05) is 12.1 Å². The summed E-state index contributed by atoms with van der Waals surface area (Å²) in [6.07, 6.45) is 2.32. The molecule has 2 aromatic rings. The highest BCUT2D eigenvalue weighted by molar-refractivity contribution is 7.84. The van der Waals surface area contributed by atoms with Gasteiger partial charge in [0.25, 0.3) is 0 Å². The van der Waals surface area contributed by atoms with Crippen molar-refractivity contribution in [2.45, 2.75) is 12.5 Å². The van der Waals surface area contributed by atoms with Crippen LogP contribution in [-0.2, 0) is 10.8 Å². The van der Waals surface area contributed by atoms with Crippen molar-refractivity contribution in [3.8, 4) is 0 Å². The fourth-order valence-electron chi connectivity index (χ4n) is 1.61. The maximum Gasteiger partial charge on any atom is 0.124 e. The van der Waals surface area contributed by atoms with Gasteiger partial charge in [-0.3, -0.25) is 4.21 Å². The molecule has 0 saturated heterocycles. The SMILES string of the molecule is CS(=O)CC[C@H](N)c1nc2ccc(Cl)cc2[nH]1. The van der Waals surface area contributed by atoms with Crippen LogP contribution in [0.3, 0.4) is 0 Å². The molecule has 0 saturated carbocycles. The third-order valence-electron chi connectivity index (χ3n) is 2.53. The van der Waals surface area contributed by atoms with E-state index in [0.29, 0.717) is 23.0 Å². The third kappa shape index (κ3) is 3.06. The second-order valence-electron chi connectivity index (χ2n) is 3.96. The molecule has 6 heteroatoms. The van der Waals surface area contributed by atoms with Crippen molar-refractivity contribution in [2.24, 2.45) is 5.73 Å². The lowest BCUT2D eigenvalue weighted by Gasteiger charge is -2.06.